The van der Waals surface area contributed by atoms with Crippen molar-refractivity contribution in [3.8, 4) is 11.8 Å². The van der Waals surface area contributed by atoms with Crippen molar-refractivity contribution in [3.05, 3.63) is 77.0 Å². The zero-order chi connectivity index (χ0) is 21.3. The molecule has 30 heavy (non-hydrogen) atoms. The summed E-state index contributed by atoms with van der Waals surface area (Å²) in [5, 5.41) is 9.94. The molecule has 2 aliphatic rings. The van der Waals surface area contributed by atoms with E-state index in [4.69, 9.17) is 9.73 Å². The van der Waals surface area contributed by atoms with Gasteiger partial charge in [-0.15, -0.1) is 0 Å². The summed E-state index contributed by atoms with van der Waals surface area (Å²) in [5.41, 5.74) is 4.22. The molecule has 1 fully saturated rings. The topological polar surface area (TPSA) is 62.4 Å². The Bertz CT molecular complexity index is 1060. The van der Waals surface area contributed by atoms with Crippen LogP contribution in [-0.2, 0) is 4.79 Å². The first-order valence-corrected chi connectivity index (χ1v) is 10.5. The number of nitriles is 1. The third kappa shape index (κ3) is 3.68. The molecular formula is C26H26N2O2. The third-order valence-electron chi connectivity index (χ3n) is 5.96. The van der Waals surface area contributed by atoms with Crippen molar-refractivity contribution in [2.45, 2.75) is 51.6 Å². The molecule has 0 aromatic heterocycles. The van der Waals surface area contributed by atoms with Crippen LogP contribution in [0.2, 0.25) is 0 Å². The summed E-state index contributed by atoms with van der Waals surface area (Å²) in [6.45, 7) is 5.83. The molecule has 1 saturated carbocycles. The largest absolute Gasteiger partial charge is 0.491 e. The maximum absolute atomic E-state index is 13.4. The molecule has 152 valence electrons. The molecule has 0 amide bonds. The van der Waals surface area contributed by atoms with Gasteiger partial charge in [-0.3, -0.25) is 9.79 Å². The van der Waals surface area contributed by atoms with Crippen LogP contribution in [0.1, 0.15) is 56.6 Å². The molecule has 4 nitrogen and oxygen atoms in total. The van der Waals surface area contributed by atoms with Crippen LogP contribution >= 0.6 is 0 Å². The van der Waals surface area contributed by atoms with Gasteiger partial charge in [0.25, 0.3) is 0 Å². The Kier molecular flexibility index (Phi) is 5.55. The van der Waals surface area contributed by atoms with Crippen molar-refractivity contribution in [3.63, 3.8) is 0 Å². The number of ketones is 1. The maximum atomic E-state index is 13.4. The van der Waals surface area contributed by atoms with Crippen molar-refractivity contribution in [2.75, 3.05) is 0 Å². The number of carbonyl (C=O) groups is 1. The zero-order valence-electron chi connectivity index (χ0n) is 17.6. The molecule has 2 aromatic carbocycles. The molecule has 4 rings (SSSR count). The Morgan fingerprint density at radius 3 is 2.43 bits per heavy atom. The van der Waals surface area contributed by atoms with E-state index in [1.807, 2.05) is 63.2 Å². The van der Waals surface area contributed by atoms with Gasteiger partial charge < -0.3 is 4.74 Å². The lowest BCUT2D eigenvalue weighted by molar-refractivity contribution is -0.122. The summed E-state index contributed by atoms with van der Waals surface area (Å²) >= 11 is 0. The molecule has 1 aliphatic carbocycles. The fourth-order valence-electron chi connectivity index (χ4n) is 4.71. The maximum Gasteiger partial charge on any atom is 0.143 e. The van der Waals surface area contributed by atoms with Gasteiger partial charge in [-0.05, 0) is 44.7 Å². The summed E-state index contributed by atoms with van der Waals surface area (Å²) in [6.07, 6.45) is 1.21. The number of Topliss-reactive ketones (excluding diaryl/α,β-unsaturated/α-hetero) is 1. The molecule has 0 spiro atoms. The SMILES string of the molecule is CC1=C(C#N)[C@H](c2ccccc2OC(C)C)[C@@H]2C(=O)C[C@@H](c3ccccc3)CC2=N1. The van der Waals surface area contributed by atoms with Gasteiger partial charge in [0.2, 0.25) is 0 Å². The first-order chi connectivity index (χ1) is 14.5. The number of fused-ring (bicyclic) bond motifs is 1. The highest BCUT2D eigenvalue weighted by molar-refractivity contribution is 6.10. The predicted octanol–water partition coefficient (Wildman–Crippen LogP) is 5.57. The van der Waals surface area contributed by atoms with Gasteiger partial charge in [0.1, 0.15) is 11.5 Å². The Hall–Kier alpha value is -3.19. The average molecular weight is 399 g/mol. The molecule has 1 aliphatic heterocycles. The predicted molar refractivity (Wildman–Crippen MR) is 118 cm³/mol. The lowest BCUT2D eigenvalue weighted by Crippen LogP contribution is -2.39. The number of carbonyl (C=O) groups excluding carboxylic acids is 1. The minimum Gasteiger partial charge on any atom is -0.491 e. The van der Waals surface area contributed by atoms with E-state index in [0.29, 0.717) is 17.7 Å². The Morgan fingerprint density at radius 1 is 1.03 bits per heavy atom. The molecular weight excluding hydrogens is 372 g/mol. The fraction of sp³-hybridized carbons (Fsp3) is 0.346. The normalized spacial score (nSPS) is 23.6. The van der Waals surface area contributed by atoms with Crippen molar-refractivity contribution in [1.82, 2.24) is 0 Å². The molecule has 0 N–H and O–H groups in total. The van der Waals surface area contributed by atoms with Gasteiger partial charge in [0.15, 0.2) is 0 Å². The quantitative estimate of drug-likeness (QED) is 0.676. The third-order valence-corrected chi connectivity index (χ3v) is 5.96. The smallest absolute Gasteiger partial charge is 0.143 e. The van der Waals surface area contributed by atoms with Crippen LogP contribution in [0.4, 0.5) is 0 Å². The standard InChI is InChI=1S/C26H26N2O2/c1-16(2)30-24-12-8-7-11-20(24)25-21(15-27)17(3)28-22-13-19(14-23(29)26(22)25)18-9-5-4-6-10-18/h4-12,16,19,25-26H,13-14H2,1-3H3/t19-,25-,26-/m0/s1. The van der Waals surface area contributed by atoms with Gasteiger partial charge in [-0.2, -0.15) is 5.26 Å². The minimum absolute atomic E-state index is 0.00279. The lowest BCUT2D eigenvalue weighted by atomic mass is 9.66. The van der Waals surface area contributed by atoms with Crippen LogP contribution in [-0.4, -0.2) is 17.6 Å². The number of hydrogen-bond donors (Lipinski definition) is 0. The molecule has 2 aromatic rings. The molecule has 1 heterocycles. The molecule has 4 heteroatoms. The van der Waals surface area contributed by atoms with Crippen LogP contribution in [0.3, 0.4) is 0 Å². The molecule has 0 bridgehead atoms. The van der Waals surface area contributed by atoms with Crippen molar-refractivity contribution < 1.29 is 9.53 Å². The Labute approximate surface area is 177 Å². The van der Waals surface area contributed by atoms with Gasteiger partial charge in [-0.25, -0.2) is 0 Å². The fourth-order valence-corrected chi connectivity index (χ4v) is 4.71. The second kappa shape index (κ2) is 8.28. The highest BCUT2D eigenvalue weighted by atomic mass is 16.5. The van der Waals surface area contributed by atoms with E-state index in [0.717, 1.165) is 23.4 Å². The van der Waals surface area contributed by atoms with Gasteiger partial charge in [0, 0.05) is 23.6 Å². The van der Waals surface area contributed by atoms with Crippen LogP contribution in [0.5, 0.6) is 5.75 Å². The van der Waals surface area contributed by atoms with Crippen LogP contribution in [0.15, 0.2) is 70.9 Å². The molecule has 3 atom stereocenters. The van der Waals surface area contributed by atoms with E-state index in [9.17, 15) is 10.1 Å². The first-order valence-electron chi connectivity index (χ1n) is 10.5. The number of rotatable bonds is 4. The summed E-state index contributed by atoms with van der Waals surface area (Å²) in [7, 11) is 0. The molecule has 0 unspecified atom stereocenters. The zero-order valence-corrected chi connectivity index (χ0v) is 17.6. The van der Waals surface area contributed by atoms with Crippen LogP contribution in [0.25, 0.3) is 0 Å². The van der Waals surface area contributed by atoms with Crippen LogP contribution < -0.4 is 4.74 Å². The average Bonchev–Trinajstić information content (AvgIpc) is 2.73. The number of allylic oxidation sites excluding steroid dienone is 2. The van der Waals surface area contributed by atoms with Gasteiger partial charge in [-0.1, -0.05) is 48.5 Å². The van der Waals surface area contributed by atoms with Crippen molar-refractivity contribution in [2.24, 2.45) is 10.9 Å². The number of nitrogens with zero attached hydrogens (tertiary/aromatic N) is 2. The number of aliphatic imine (C=N–C) groups is 1. The highest BCUT2D eigenvalue weighted by Crippen LogP contribution is 2.47. The summed E-state index contributed by atoms with van der Waals surface area (Å²) in [4.78, 5) is 18.2. The lowest BCUT2D eigenvalue weighted by Gasteiger charge is -2.37. The molecule has 0 saturated heterocycles. The molecule has 0 radical (unpaired) electrons. The number of ether oxygens (including phenoxy) is 1. The van der Waals surface area contributed by atoms with E-state index >= 15 is 0 Å². The van der Waals surface area contributed by atoms with Gasteiger partial charge >= 0.3 is 0 Å². The van der Waals surface area contributed by atoms with E-state index in [-0.39, 0.29) is 23.7 Å². The van der Waals surface area contributed by atoms with E-state index in [2.05, 4.69) is 18.2 Å². The number of para-hydroxylation sites is 1. The van der Waals surface area contributed by atoms with Crippen molar-refractivity contribution in [1.29, 1.82) is 5.26 Å². The number of hydrogen-bond acceptors (Lipinski definition) is 4. The summed E-state index contributed by atoms with van der Waals surface area (Å²) in [6, 6.07) is 20.3. The highest BCUT2D eigenvalue weighted by Gasteiger charge is 2.45. The second-order valence-corrected chi connectivity index (χ2v) is 8.36. The first kappa shape index (κ1) is 20.1. The Balaban J connectivity index is 1.78. The monoisotopic (exact) mass is 398 g/mol. The van der Waals surface area contributed by atoms with Crippen molar-refractivity contribution >= 4 is 11.5 Å². The summed E-state index contributed by atoms with van der Waals surface area (Å²) in [5.74, 6) is 0.269. The minimum atomic E-state index is -0.403. The van der Waals surface area contributed by atoms with E-state index < -0.39 is 5.92 Å². The second-order valence-electron chi connectivity index (χ2n) is 8.36. The van der Waals surface area contributed by atoms with Gasteiger partial charge in [0.05, 0.1) is 29.4 Å². The van der Waals surface area contributed by atoms with E-state index in [1.165, 1.54) is 5.56 Å². The van der Waals surface area contributed by atoms with Crippen LogP contribution in [0, 0.1) is 17.2 Å². The Morgan fingerprint density at radius 2 is 1.73 bits per heavy atom. The van der Waals surface area contributed by atoms with E-state index in [1.54, 1.807) is 0 Å². The number of benzene rings is 2. The summed E-state index contributed by atoms with van der Waals surface area (Å²) < 4.78 is 6.05.